The second-order valence-corrected chi connectivity index (χ2v) is 6.96. The zero-order chi connectivity index (χ0) is 16.0. The van der Waals surface area contributed by atoms with E-state index in [1.165, 1.54) is 0 Å². The number of carbonyl (C=O) groups is 2. The Morgan fingerprint density at radius 2 is 1.77 bits per heavy atom. The summed E-state index contributed by atoms with van der Waals surface area (Å²) < 4.78 is 9.70. The van der Waals surface area contributed by atoms with Gasteiger partial charge in [0.25, 0.3) is 5.91 Å². The number of hydrogen-bond acceptors (Lipinski definition) is 4. The maximum Gasteiger partial charge on any atom is 0.269 e. The van der Waals surface area contributed by atoms with E-state index in [-0.39, 0.29) is 0 Å². The van der Waals surface area contributed by atoms with Gasteiger partial charge >= 0.3 is 0 Å². The fraction of sp³-hybridized carbons (Fsp3) is 0.429. The largest absolute Gasteiger partial charge is 0.486 e. The number of rotatable bonds is 2. The summed E-state index contributed by atoms with van der Waals surface area (Å²) in [6.07, 6.45) is 0.342. The lowest BCUT2D eigenvalue weighted by Crippen LogP contribution is -2.45. The molecule has 2 N–H and O–H groups in total. The summed E-state index contributed by atoms with van der Waals surface area (Å²) >= 11 is 11.8. The van der Waals surface area contributed by atoms with Gasteiger partial charge in [0.15, 0.2) is 11.5 Å². The highest BCUT2D eigenvalue weighted by Gasteiger charge is 2.68. The van der Waals surface area contributed by atoms with Crippen LogP contribution in [0, 0.1) is 5.41 Å². The maximum absolute atomic E-state index is 12.1. The van der Waals surface area contributed by atoms with E-state index in [9.17, 15) is 9.59 Å². The van der Waals surface area contributed by atoms with Gasteiger partial charge in [0, 0.05) is 5.56 Å². The fourth-order valence-electron chi connectivity index (χ4n) is 2.15. The van der Waals surface area contributed by atoms with Gasteiger partial charge in [0.05, 0.1) is 5.41 Å². The van der Waals surface area contributed by atoms with Crippen molar-refractivity contribution in [3.63, 3.8) is 0 Å². The van der Waals surface area contributed by atoms with Crippen molar-refractivity contribution >= 4 is 35.0 Å². The minimum atomic E-state index is -1.08. The molecule has 2 amide bonds. The first kappa shape index (κ1) is 15.2. The van der Waals surface area contributed by atoms with Crippen LogP contribution < -0.4 is 20.3 Å². The molecule has 1 fully saturated rings. The van der Waals surface area contributed by atoms with E-state index in [2.05, 4.69) is 10.9 Å². The van der Waals surface area contributed by atoms with Crippen LogP contribution in [0.25, 0.3) is 0 Å². The second kappa shape index (κ2) is 5.21. The molecular formula is C14H14Cl2N2O4. The van der Waals surface area contributed by atoms with Gasteiger partial charge in [-0.3, -0.25) is 20.4 Å². The van der Waals surface area contributed by atoms with Gasteiger partial charge in [-0.1, -0.05) is 0 Å². The Labute approximate surface area is 137 Å². The minimum absolute atomic E-state index is 0.341. The van der Waals surface area contributed by atoms with Gasteiger partial charge in [-0.15, -0.1) is 23.2 Å². The van der Waals surface area contributed by atoms with Gasteiger partial charge in [0.1, 0.15) is 17.5 Å². The topological polar surface area (TPSA) is 76.7 Å². The lowest BCUT2D eigenvalue weighted by molar-refractivity contribution is -0.126. The number of hydrogen-bond donors (Lipinski definition) is 2. The first-order chi connectivity index (χ1) is 10.3. The van der Waals surface area contributed by atoms with E-state index in [0.29, 0.717) is 36.7 Å². The molecular weight excluding hydrogens is 331 g/mol. The normalized spacial score (nSPS) is 24.3. The highest BCUT2D eigenvalue weighted by Crippen LogP contribution is 2.63. The number of alkyl halides is 2. The van der Waals surface area contributed by atoms with Crippen molar-refractivity contribution in [1.29, 1.82) is 0 Å². The first-order valence-corrected chi connectivity index (χ1v) is 7.47. The number of hydrazine groups is 1. The molecule has 1 aromatic carbocycles. The summed E-state index contributed by atoms with van der Waals surface area (Å²) in [6, 6.07) is 4.79. The molecule has 118 valence electrons. The van der Waals surface area contributed by atoms with Crippen molar-refractivity contribution in [3.8, 4) is 11.5 Å². The Bertz CT molecular complexity index is 650. The van der Waals surface area contributed by atoms with Gasteiger partial charge in [-0.05, 0) is 31.5 Å². The highest BCUT2D eigenvalue weighted by molar-refractivity contribution is 6.53. The van der Waals surface area contributed by atoms with Crippen LogP contribution in [0.5, 0.6) is 11.5 Å². The van der Waals surface area contributed by atoms with Crippen molar-refractivity contribution in [2.45, 2.75) is 17.7 Å². The molecule has 1 heterocycles. The van der Waals surface area contributed by atoms with Crippen LogP contribution in [0.15, 0.2) is 18.2 Å². The van der Waals surface area contributed by atoms with Crippen molar-refractivity contribution in [1.82, 2.24) is 10.9 Å². The number of halogens is 2. The third kappa shape index (κ3) is 2.57. The number of fused-ring (bicyclic) bond motifs is 1. The number of ether oxygens (including phenoxy) is 2. The molecule has 8 heteroatoms. The lowest BCUT2D eigenvalue weighted by Gasteiger charge is -2.19. The third-order valence-electron chi connectivity index (χ3n) is 3.85. The predicted octanol–water partition coefficient (Wildman–Crippen LogP) is 1.80. The van der Waals surface area contributed by atoms with E-state index in [4.69, 9.17) is 32.7 Å². The second-order valence-electron chi connectivity index (χ2n) is 5.48. The molecule has 22 heavy (non-hydrogen) atoms. The average molecular weight is 345 g/mol. The molecule has 0 saturated heterocycles. The van der Waals surface area contributed by atoms with E-state index >= 15 is 0 Å². The molecule has 1 aliphatic carbocycles. The summed E-state index contributed by atoms with van der Waals surface area (Å²) in [4.78, 5) is 24.0. The number of amides is 2. The first-order valence-electron chi connectivity index (χ1n) is 6.72. The van der Waals surface area contributed by atoms with Gasteiger partial charge in [-0.25, -0.2) is 0 Å². The summed E-state index contributed by atoms with van der Waals surface area (Å²) in [6.45, 7) is 2.55. The lowest BCUT2D eigenvalue weighted by atomic mass is 10.1. The molecule has 1 saturated carbocycles. The molecule has 1 aromatic rings. The predicted molar refractivity (Wildman–Crippen MR) is 80.2 cm³/mol. The average Bonchev–Trinajstić information content (AvgIpc) is 3.03. The molecule has 2 aliphatic rings. The monoisotopic (exact) mass is 344 g/mol. The summed E-state index contributed by atoms with van der Waals surface area (Å²) in [7, 11) is 0. The molecule has 0 spiro atoms. The third-order valence-corrected chi connectivity index (χ3v) is 4.95. The van der Waals surface area contributed by atoms with Crippen molar-refractivity contribution in [3.05, 3.63) is 23.8 Å². The molecule has 0 radical (unpaired) electrons. The quantitative estimate of drug-likeness (QED) is 0.633. The van der Waals surface area contributed by atoms with E-state index < -0.39 is 21.6 Å². The SMILES string of the molecule is CC1(C(=O)NNC(=O)c2ccc3c(c2)OCCO3)CC1(Cl)Cl. The molecule has 1 atom stereocenters. The Morgan fingerprint density at radius 1 is 1.14 bits per heavy atom. The molecule has 0 bridgehead atoms. The van der Waals surface area contributed by atoms with Crippen LogP contribution in [0.2, 0.25) is 0 Å². The number of nitrogens with one attached hydrogen (secondary N) is 2. The van der Waals surface area contributed by atoms with Crippen molar-refractivity contribution in [2.24, 2.45) is 5.41 Å². The maximum atomic E-state index is 12.1. The minimum Gasteiger partial charge on any atom is -0.486 e. The van der Waals surface area contributed by atoms with Gasteiger partial charge in [-0.2, -0.15) is 0 Å². The molecule has 6 nitrogen and oxygen atoms in total. The summed E-state index contributed by atoms with van der Waals surface area (Å²) in [5, 5.41) is 0. The Kier molecular flexibility index (Phi) is 3.61. The molecule has 3 rings (SSSR count). The Morgan fingerprint density at radius 3 is 2.41 bits per heavy atom. The Hall–Kier alpha value is -1.66. The van der Waals surface area contributed by atoms with Gasteiger partial charge in [0.2, 0.25) is 5.91 Å². The van der Waals surface area contributed by atoms with Crippen LogP contribution >= 0.6 is 23.2 Å². The highest BCUT2D eigenvalue weighted by atomic mass is 35.5. The summed E-state index contributed by atoms with van der Waals surface area (Å²) in [5.74, 6) is 0.194. The van der Waals surface area contributed by atoms with Crippen LogP contribution in [0.4, 0.5) is 0 Å². The van der Waals surface area contributed by atoms with Crippen LogP contribution in [-0.4, -0.2) is 29.4 Å². The number of carbonyl (C=O) groups excluding carboxylic acids is 2. The smallest absolute Gasteiger partial charge is 0.269 e. The molecule has 1 aliphatic heterocycles. The van der Waals surface area contributed by atoms with Gasteiger partial charge < -0.3 is 9.47 Å². The molecule has 0 aromatic heterocycles. The zero-order valence-electron chi connectivity index (χ0n) is 11.7. The molecule has 1 unspecified atom stereocenters. The van der Waals surface area contributed by atoms with Crippen LogP contribution in [-0.2, 0) is 4.79 Å². The van der Waals surface area contributed by atoms with Crippen molar-refractivity contribution in [2.75, 3.05) is 13.2 Å². The van der Waals surface area contributed by atoms with Crippen LogP contribution in [0.3, 0.4) is 0 Å². The zero-order valence-corrected chi connectivity index (χ0v) is 13.3. The van der Waals surface area contributed by atoms with E-state index in [1.807, 2.05) is 0 Å². The Balaban J connectivity index is 1.62. The van der Waals surface area contributed by atoms with Crippen LogP contribution in [0.1, 0.15) is 23.7 Å². The summed E-state index contributed by atoms with van der Waals surface area (Å²) in [5.41, 5.74) is 4.13. The number of benzene rings is 1. The van der Waals surface area contributed by atoms with Crippen molar-refractivity contribution < 1.29 is 19.1 Å². The van der Waals surface area contributed by atoms with E-state index in [0.717, 1.165) is 0 Å². The standard InChI is InChI=1S/C14H14Cl2N2O4/c1-13(7-14(13,15)16)12(20)18-17-11(19)8-2-3-9-10(6-8)22-5-4-21-9/h2-3,6H,4-5,7H2,1H3,(H,17,19)(H,18,20). The van der Waals surface area contributed by atoms with E-state index in [1.54, 1.807) is 25.1 Å². The fourth-order valence-corrected chi connectivity index (χ4v) is 2.86.